The molecule has 0 aromatic heterocycles. The zero-order valence-electron chi connectivity index (χ0n) is 18.1. The average molecular weight is 408 g/mol. The molecule has 2 nitrogen and oxygen atoms in total. The van der Waals surface area contributed by atoms with Crippen LogP contribution in [-0.2, 0) is 5.60 Å². The Labute approximate surface area is 184 Å². The summed E-state index contributed by atoms with van der Waals surface area (Å²) in [7, 11) is 0. The van der Waals surface area contributed by atoms with E-state index in [1.807, 2.05) is 72.9 Å². The van der Waals surface area contributed by atoms with Gasteiger partial charge in [0.25, 0.3) is 0 Å². The number of rotatable bonds is 7. The SMILES string of the molecule is CC(C)C[C@H](N=Cc1cccc2ccccc12)C(O)(c1ccccc1)c1ccccc1. The van der Waals surface area contributed by atoms with Gasteiger partial charge in [0.1, 0.15) is 5.60 Å². The number of benzene rings is 4. The van der Waals surface area contributed by atoms with Gasteiger partial charge in [-0.05, 0) is 34.2 Å². The molecule has 0 amide bonds. The Bertz CT molecular complexity index is 1100. The maximum atomic E-state index is 12.2. The number of nitrogens with zero attached hydrogens (tertiary/aromatic N) is 1. The summed E-state index contributed by atoms with van der Waals surface area (Å²) in [5.74, 6) is 0.383. The minimum absolute atomic E-state index is 0.323. The number of hydrogen-bond donors (Lipinski definition) is 1. The van der Waals surface area contributed by atoms with Gasteiger partial charge in [-0.3, -0.25) is 4.99 Å². The first-order valence-electron chi connectivity index (χ1n) is 10.9. The first-order valence-corrected chi connectivity index (χ1v) is 10.9. The van der Waals surface area contributed by atoms with Crippen LogP contribution < -0.4 is 0 Å². The fourth-order valence-electron chi connectivity index (χ4n) is 4.26. The maximum Gasteiger partial charge on any atom is 0.137 e. The topological polar surface area (TPSA) is 32.6 Å². The molecule has 0 bridgehead atoms. The lowest BCUT2D eigenvalue weighted by Crippen LogP contribution is -2.40. The maximum absolute atomic E-state index is 12.2. The molecule has 0 saturated carbocycles. The van der Waals surface area contributed by atoms with Gasteiger partial charge in [0.2, 0.25) is 0 Å². The molecule has 2 heteroatoms. The van der Waals surface area contributed by atoms with Crippen molar-refractivity contribution in [1.82, 2.24) is 0 Å². The van der Waals surface area contributed by atoms with E-state index in [9.17, 15) is 5.11 Å². The number of aliphatic hydroxyl groups is 1. The second-order valence-electron chi connectivity index (χ2n) is 8.49. The van der Waals surface area contributed by atoms with Gasteiger partial charge >= 0.3 is 0 Å². The molecular weight excluding hydrogens is 378 g/mol. The van der Waals surface area contributed by atoms with Crippen molar-refractivity contribution < 1.29 is 5.11 Å². The van der Waals surface area contributed by atoms with Gasteiger partial charge in [-0.15, -0.1) is 0 Å². The third-order valence-corrected chi connectivity index (χ3v) is 5.82. The molecule has 0 unspecified atom stereocenters. The van der Waals surface area contributed by atoms with E-state index in [1.54, 1.807) is 0 Å². The van der Waals surface area contributed by atoms with E-state index in [4.69, 9.17) is 4.99 Å². The highest BCUT2D eigenvalue weighted by Crippen LogP contribution is 2.37. The lowest BCUT2D eigenvalue weighted by Gasteiger charge is -2.36. The van der Waals surface area contributed by atoms with Crippen LogP contribution in [0, 0.1) is 5.92 Å². The summed E-state index contributed by atoms with van der Waals surface area (Å²) in [6, 6.07) is 34.1. The van der Waals surface area contributed by atoms with Gasteiger partial charge in [-0.25, -0.2) is 0 Å². The van der Waals surface area contributed by atoms with Gasteiger partial charge in [0.05, 0.1) is 6.04 Å². The Morgan fingerprint density at radius 1 is 0.742 bits per heavy atom. The second-order valence-corrected chi connectivity index (χ2v) is 8.49. The Kier molecular flexibility index (Phi) is 6.29. The summed E-state index contributed by atoms with van der Waals surface area (Å²) in [6.45, 7) is 4.35. The Morgan fingerprint density at radius 3 is 1.90 bits per heavy atom. The standard InChI is InChI=1S/C29H29NO/c1-22(2)20-28(30-21-24-14-11-13-23-12-9-10-19-27(23)24)29(31,25-15-5-3-6-16-25)26-17-7-4-8-18-26/h3-19,21-22,28,31H,20H2,1-2H3/t28-/m0/s1. The van der Waals surface area contributed by atoms with Crippen LogP contribution >= 0.6 is 0 Å². The second kappa shape index (κ2) is 9.28. The van der Waals surface area contributed by atoms with Crippen molar-refractivity contribution in [1.29, 1.82) is 0 Å². The number of aliphatic imine (C=N–C) groups is 1. The van der Waals surface area contributed by atoms with Gasteiger partial charge < -0.3 is 5.11 Å². The summed E-state index contributed by atoms with van der Waals surface area (Å²) in [6.07, 6.45) is 2.70. The molecule has 1 N–H and O–H groups in total. The first kappa shape index (κ1) is 21.0. The van der Waals surface area contributed by atoms with Crippen molar-refractivity contribution in [2.24, 2.45) is 10.9 Å². The fraction of sp³-hybridized carbons (Fsp3) is 0.207. The molecule has 156 valence electrons. The first-order chi connectivity index (χ1) is 15.1. The smallest absolute Gasteiger partial charge is 0.137 e. The zero-order valence-corrected chi connectivity index (χ0v) is 18.1. The average Bonchev–Trinajstić information content (AvgIpc) is 2.82. The van der Waals surface area contributed by atoms with E-state index >= 15 is 0 Å². The molecule has 0 radical (unpaired) electrons. The Hall–Kier alpha value is -3.23. The quantitative estimate of drug-likeness (QED) is 0.344. The van der Waals surface area contributed by atoms with E-state index in [2.05, 4.69) is 50.2 Å². The van der Waals surface area contributed by atoms with Crippen LogP contribution in [0.25, 0.3) is 10.8 Å². The van der Waals surface area contributed by atoms with Crippen molar-refractivity contribution in [2.45, 2.75) is 31.9 Å². The summed E-state index contributed by atoms with van der Waals surface area (Å²) < 4.78 is 0. The van der Waals surface area contributed by atoms with Crippen molar-refractivity contribution in [3.05, 3.63) is 120 Å². The minimum Gasteiger partial charge on any atom is -0.378 e. The van der Waals surface area contributed by atoms with Gasteiger partial charge in [0.15, 0.2) is 0 Å². The van der Waals surface area contributed by atoms with Gasteiger partial charge in [-0.1, -0.05) is 117 Å². The monoisotopic (exact) mass is 407 g/mol. The van der Waals surface area contributed by atoms with Crippen molar-refractivity contribution in [3.63, 3.8) is 0 Å². The molecule has 0 aliphatic carbocycles. The normalized spacial score (nSPS) is 13.2. The number of hydrogen-bond acceptors (Lipinski definition) is 2. The zero-order chi connectivity index (χ0) is 21.7. The van der Waals surface area contributed by atoms with Crippen LogP contribution in [0.3, 0.4) is 0 Å². The molecule has 0 aliphatic heterocycles. The van der Waals surface area contributed by atoms with Crippen LogP contribution in [0.5, 0.6) is 0 Å². The van der Waals surface area contributed by atoms with Crippen LogP contribution in [0.4, 0.5) is 0 Å². The van der Waals surface area contributed by atoms with E-state index in [1.165, 1.54) is 10.8 Å². The predicted molar refractivity (Wildman–Crippen MR) is 131 cm³/mol. The minimum atomic E-state index is -1.21. The Morgan fingerprint density at radius 2 is 1.29 bits per heavy atom. The Balaban J connectivity index is 1.83. The summed E-state index contributed by atoms with van der Waals surface area (Å²) in [5.41, 5.74) is 1.58. The highest BCUT2D eigenvalue weighted by molar-refractivity contribution is 5.99. The molecule has 4 aromatic carbocycles. The molecule has 1 atom stereocenters. The van der Waals surface area contributed by atoms with Crippen molar-refractivity contribution >= 4 is 17.0 Å². The highest BCUT2D eigenvalue weighted by atomic mass is 16.3. The molecular formula is C29H29NO. The molecule has 0 saturated heterocycles. The molecule has 4 aromatic rings. The van der Waals surface area contributed by atoms with Crippen LogP contribution in [0.1, 0.15) is 37.0 Å². The molecule has 0 fully saturated rings. The largest absolute Gasteiger partial charge is 0.378 e. The van der Waals surface area contributed by atoms with E-state index in [0.29, 0.717) is 5.92 Å². The van der Waals surface area contributed by atoms with Crippen LogP contribution in [0.2, 0.25) is 0 Å². The summed E-state index contributed by atoms with van der Waals surface area (Å²) in [5, 5.41) is 14.6. The molecule has 0 spiro atoms. The van der Waals surface area contributed by atoms with Crippen molar-refractivity contribution in [3.8, 4) is 0 Å². The van der Waals surface area contributed by atoms with Crippen LogP contribution in [-0.4, -0.2) is 17.4 Å². The third kappa shape index (κ3) is 4.45. The summed E-state index contributed by atoms with van der Waals surface area (Å²) >= 11 is 0. The highest BCUT2D eigenvalue weighted by Gasteiger charge is 2.40. The molecule has 0 aliphatic rings. The van der Waals surface area contributed by atoms with Gasteiger partial charge in [0, 0.05) is 11.8 Å². The lowest BCUT2D eigenvalue weighted by molar-refractivity contribution is 0.0454. The van der Waals surface area contributed by atoms with Gasteiger partial charge in [-0.2, -0.15) is 0 Å². The van der Waals surface area contributed by atoms with E-state index in [0.717, 1.165) is 23.1 Å². The molecule has 31 heavy (non-hydrogen) atoms. The van der Waals surface area contributed by atoms with Crippen LogP contribution in [0.15, 0.2) is 108 Å². The molecule has 4 rings (SSSR count). The van der Waals surface area contributed by atoms with E-state index < -0.39 is 5.60 Å². The lowest BCUT2D eigenvalue weighted by atomic mass is 9.77. The number of fused-ring (bicyclic) bond motifs is 1. The molecule has 0 heterocycles. The summed E-state index contributed by atoms with van der Waals surface area (Å²) in [4.78, 5) is 5.03. The van der Waals surface area contributed by atoms with E-state index in [-0.39, 0.29) is 6.04 Å². The third-order valence-electron chi connectivity index (χ3n) is 5.82. The van der Waals surface area contributed by atoms with Crippen molar-refractivity contribution in [2.75, 3.05) is 0 Å². The fourth-order valence-corrected chi connectivity index (χ4v) is 4.26. The predicted octanol–water partition coefficient (Wildman–Crippen LogP) is 6.61.